The number of aromatic nitrogens is 1. The van der Waals surface area contributed by atoms with Gasteiger partial charge in [-0.3, -0.25) is 4.79 Å². The molecule has 3 saturated heterocycles. The molecule has 1 aromatic heterocycles. The van der Waals surface area contributed by atoms with Crippen LogP contribution in [-0.4, -0.2) is 91.2 Å². The number of benzene rings is 1. The normalized spacial score (nSPS) is 23.1. The van der Waals surface area contributed by atoms with Crippen LogP contribution in [0, 0.1) is 5.41 Å². The first-order valence-electron chi connectivity index (χ1n) is 15.2. The lowest BCUT2D eigenvalue weighted by molar-refractivity contribution is 0.0934. The van der Waals surface area contributed by atoms with Crippen molar-refractivity contribution in [2.75, 3.05) is 51.3 Å². The molecule has 3 fully saturated rings. The summed E-state index contributed by atoms with van der Waals surface area (Å²) in [7, 11) is 1.65. The van der Waals surface area contributed by atoms with Crippen LogP contribution < -0.4 is 20.3 Å². The molecule has 0 bridgehead atoms. The molecule has 9 nitrogen and oxygen atoms in total. The van der Waals surface area contributed by atoms with Gasteiger partial charge >= 0.3 is 6.03 Å². The van der Waals surface area contributed by atoms with E-state index in [4.69, 9.17) is 9.72 Å². The van der Waals surface area contributed by atoms with E-state index in [1.807, 2.05) is 41.3 Å². The maximum atomic E-state index is 13.7. The Balaban J connectivity index is 1.42. The molecule has 2 aromatic rings. The predicted molar refractivity (Wildman–Crippen MR) is 163 cm³/mol. The van der Waals surface area contributed by atoms with Crippen molar-refractivity contribution >= 4 is 17.6 Å². The molecule has 0 unspecified atom stereocenters. The van der Waals surface area contributed by atoms with E-state index >= 15 is 0 Å². The molecule has 3 atom stereocenters. The number of carbonyl (C=O) groups excluding carboxylic acids is 2. The van der Waals surface area contributed by atoms with Crippen LogP contribution in [0.1, 0.15) is 63.9 Å². The average molecular weight is 563 g/mol. The second-order valence-electron chi connectivity index (χ2n) is 12.6. The number of methoxy groups -OCH3 is 1. The molecule has 1 aromatic carbocycles. The van der Waals surface area contributed by atoms with Gasteiger partial charge in [-0.15, -0.1) is 0 Å². The van der Waals surface area contributed by atoms with Gasteiger partial charge in [0.1, 0.15) is 5.75 Å². The Bertz CT molecular complexity index is 1240. The van der Waals surface area contributed by atoms with Crippen molar-refractivity contribution in [2.24, 2.45) is 5.41 Å². The highest BCUT2D eigenvalue weighted by molar-refractivity contribution is 5.99. The highest BCUT2D eigenvalue weighted by Gasteiger charge is 2.40. The molecule has 0 aliphatic carbocycles. The number of nitrogens with zero attached hydrogens (tertiary/aromatic N) is 4. The number of anilines is 1. The zero-order valence-electron chi connectivity index (χ0n) is 25.3. The van der Waals surface area contributed by atoms with E-state index in [-0.39, 0.29) is 35.5 Å². The number of nitrogens with one attached hydrogen (secondary N) is 2. The van der Waals surface area contributed by atoms with E-state index in [0.717, 1.165) is 56.6 Å². The number of ether oxygens (including phenoxy) is 1. The zero-order chi connectivity index (χ0) is 29.1. The summed E-state index contributed by atoms with van der Waals surface area (Å²) in [6, 6.07) is 12.3. The number of carbonyl (C=O) groups is 2. The lowest BCUT2D eigenvalue weighted by Gasteiger charge is -2.45. The first-order valence-corrected chi connectivity index (χ1v) is 15.2. The van der Waals surface area contributed by atoms with Gasteiger partial charge in [0.05, 0.1) is 18.5 Å². The molecule has 3 aliphatic rings. The minimum Gasteiger partial charge on any atom is -0.496 e. The lowest BCUT2D eigenvalue weighted by Crippen LogP contribution is -2.59. The quantitative estimate of drug-likeness (QED) is 0.543. The molecular formula is C32H46N6O3. The van der Waals surface area contributed by atoms with Crippen LogP contribution in [0.5, 0.6) is 5.75 Å². The molecule has 41 heavy (non-hydrogen) atoms. The average Bonchev–Trinajstić information content (AvgIpc) is 3.69. The number of para-hydroxylation sites is 1. The molecule has 3 aliphatic heterocycles. The Kier molecular flexibility index (Phi) is 8.73. The van der Waals surface area contributed by atoms with Crippen molar-refractivity contribution in [3.63, 3.8) is 0 Å². The summed E-state index contributed by atoms with van der Waals surface area (Å²) in [5.41, 5.74) is 2.85. The molecule has 222 valence electrons. The third-order valence-electron chi connectivity index (χ3n) is 8.90. The molecular weight excluding hydrogens is 516 g/mol. The largest absolute Gasteiger partial charge is 0.496 e. The number of pyridine rings is 1. The Morgan fingerprint density at radius 3 is 2.61 bits per heavy atom. The van der Waals surface area contributed by atoms with E-state index in [9.17, 15) is 9.59 Å². The smallest absolute Gasteiger partial charge is 0.320 e. The van der Waals surface area contributed by atoms with Crippen LogP contribution in [0.4, 0.5) is 10.5 Å². The van der Waals surface area contributed by atoms with Crippen LogP contribution in [-0.2, 0) is 0 Å². The Hall–Kier alpha value is -3.33. The summed E-state index contributed by atoms with van der Waals surface area (Å²) in [5.74, 6) is 0.553. The molecule has 4 heterocycles. The minimum absolute atomic E-state index is 0.0596. The zero-order valence-corrected chi connectivity index (χ0v) is 25.3. The van der Waals surface area contributed by atoms with Gasteiger partial charge in [0.25, 0.3) is 5.91 Å². The van der Waals surface area contributed by atoms with Gasteiger partial charge < -0.3 is 30.1 Å². The standard InChI is InChI=1S/C32H46N6O3/c1-6-23-21-36(31(40)38-17-9-12-28(38)32(2,3)4)18-19-37(23)26-14-13-25(24-10-7-8-11-27(24)41-5)35-29(26)30(39)34-22-15-16-33-20-22/h7-8,10-11,13-14,22-23,28,33H,6,9,12,15-21H2,1-5H3,(H,34,39)/t22-,23-,28-/m1/s1. The van der Waals surface area contributed by atoms with Crippen LogP contribution in [0.15, 0.2) is 36.4 Å². The van der Waals surface area contributed by atoms with Gasteiger partial charge in [0.2, 0.25) is 0 Å². The Morgan fingerprint density at radius 1 is 1.10 bits per heavy atom. The number of likely N-dealkylation sites (tertiary alicyclic amines) is 1. The van der Waals surface area contributed by atoms with E-state index in [1.165, 1.54) is 0 Å². The third kappa shape index (κ3) is 6.15. The van der Waals surface area contributed by atoms with Crippen molar-refractivity contribution in [2.45, 2.75) is 71.5 Å². The summed E-state index contributed by atoms with van der Waals surface area (Å²) in [6.07, 6.45) is 3.88. The molecule has 0 radical (unpaired) electrons. The van der Waals surface area contributed by atoms with Gasteiger partial charge in [-0.05, 0) is 61.9 Å². The molecule has 2 N–H and O–H groups in total. The summed E-state index contributed by atoms with van der Waals surface area (Å²) >= 11 is 0. The van der Waals surface area contributed by atoms with Crippen molar-refractivity contribution in [3.8, 4) is 17.0 Å². The fourth-order valence-corrected chi connectivity index (χ4v) is 6.66. The van der Waals surface area contributed by atoms with Crippen molar-refractivity contribution in [3.05, 3.63) is 42.1 Å². The van der Waals surface area contributed by atoms with Gasteiger partial charge in [-0.25, -0.2) is 9.78 Å². The second-order valence-corrected chi connectivity index (χ2v) is 12.6. The third-order valence-corrected chi connectivity index (χ3v) is 8.90. The van der Waals surface area contributed by atoms with Crippen molar-refractivity contribution in [1.29, 1.82) is 0 Å². The van der Waals surface area contributed by atoms with Gasteiger partial charge in [0.15, 0.2) is 5.69 Å². The van der Waals surface area contributed by atoms with E-state index in [0.29, 0.717) is 36.8 Å². The Morgan fingerprint density at radius 2 is 1.90 bits per heavy atom. The lowest BCUT2D eigenvalue weighted by atomic mass is 9.85. The fraction of sp³-hybridized carbons (Fsp3) is 0.594. The first-order chi connectivity index (χ1) is 19.7. The second kappa shape index (κ2) is 12.3. The molecule has 5 rings (SSSR count). The number of rotatable bonds is 6. The molecule has 9 heteroatoms. The SMILES string of the molecule is CC[C@@H]1CN(C(=O)N2CCC[C@@H]2C(C)(C)C)CCN1c1ccc(-c2ccccc2OC)nc1C(=O)N[C@@H]1CCNC1. The highest BCUT2D eigenvalue weighted by Crippen LogP contribution is 2.35. The minimum atomic E-state index is -0.163. The van der Waals surface area contributed by atoms with Gasteiger partial charge in [0, 0.05) is 56.4 Å². The van der Waals surface area contributed by atoms with Crippen LogP contribution in [0.3, 0.4) is 0 Å². The first kappa shape index (κ1) is 29.2. The molecule has 3 amide bonds. The summed E-state index contributed by atoms with van der Waals surface area (Å²) in [5, 5.41) is 6.53. The molecule has 0 saturated carbocycles. The van der Waals surface area contributed by atoms with Crippen LogP contribution in [0.25, 0.3) is 11.3 Å². The number of piperazine rings is 1. The maximum Gasteiger partial charge on any atom is 0.320 e. The fourth-order valence-electron chi connectivity index (χ4n) is 6.66. The number of hydrogen-bond acceptors (Lipinski definition) is 6. The van der Waals surface area contributed by atoms with Crippen LogP contribution >= 0.6 is 0 Å². The monoisotopic (exact) mass is 562 g/mol. The maximum absolute atomic E-state index is 13.7. The molecule has 0 spiro atoms. The number of urea groups is 1. The predicted octanol–water partition coefficient (Wildman–Crippen LogP) is 4.38. The van der Waals surface area contributed by atoms with Crippen molar-refractivity contribution in [1.82, 2.24) is 25.4 Å². The van der Waals surface area contributed by atoms with Crippen molar-refractivity contribution < 1.29 is 14.3 Å². The van der Waals surface area contributed by atoms with E-state index < -0.39 is 0 Å². The number of hydrogen-bond donors (Lipinski definition) is 2. The number of amides is 3. The topological polar surface area (TPSA) is 90.0 Å². The summed E-state index contributed by atoms with van der Waals surface area (Å²) in [6.45, 7) is 13.2. The Labute approximate surface area is 244 Å². The van der Waals surface area contributed by atoms with E-state index in [1.54, 1.807) is 7.11 Å². The van der Waals surface area contributed by atoms with Crippen LogP contribution in [0.2, 0.25) is 0 Å². The van der Waals surface area contributed by atoms with Gasteiger partial charge in [-0.2, -0.15) is 0 Å². The highest BCUT2D eigenvalue weighted by atomic mass is 16.5. The van der Waals surface area contributed by atoms with E-state index in [2.05, 4.69) is 48.1 Å². The van der Waals surface area contributed by atoms with Gasteiger partial charge in [-0.1, -0.05) is 39.8 Å². The summed E-state index contributed by atoms with van der Waals surface area (Å²) < 4.78 is 5.59. The summed E-state index contributed by atoms with van der Waals surface area (Å²) in [4.78, 5) is 38.8.